The molecule has 0 aromatic carbocycles. The van der Waals surface area contributed by atoms with E-state index in [0.717, 1.165) is 0 Å². The molecule has 10 heteroatoms. The zero-order chi connectivity index (χ0) is 13.0. The first kappa shape index (κ1) is 15.1. The minimum absolute atomic E-state index is 0.622. The number of hydrogen-bond acceptors (Lipinski definition) is 4. The van der Waals surface area contributed by atoms with Crippen LogP contribution in [-0.4, -0.2) is 37.8 Å². The highest BCUT2D eigenvalue weighted by Crippen LogP contribution is 2.24. The average molecular weight is 268 g/mol. The second kappa shape index (κ2) is 5.43. The van der Waals surface area contributed by atoms with Crippen LogP contribution in [0.1, 0.15) is 12.8 Å². The number of aliphatic carboxylic acids is 1. The van der Waals surface area contributed by atoms with Crippen LogP contribution in [0, 0.1) is 0 Å². The Kier molecular flexibility index (Phi) is 5.13. The lowest BCUT2D eigenvalue weighted by molar-refractivity contribution is -0.137. The summed E-state index contributed by atoms with van der Waals surface area (Å²) in [5.41, 5.74) is -5.61. The van der Waals surface area contributed by atoms with Crippen LogP contribution in [0.5, 0.6) is 0 Å². The molecular formula is C6H8F4O5S. The summed E-state index contributed by atoms with van der Waals surface area (Å²) in [6, 6.07) is 0. The van der Waals surface area contributed by atoms with Crippen LogP contribution in [0.25, 0.3) is 0 Å². The molecule has 0 radical (unpaired) electrons. The van der Waals surface area contributed by atoms with E-state index in [4.69, 9.17) is 5.11 Å². The number of rotatable bonds is 6. The fourth-order valence-electron chi connectivity index (χ4n) is 0.594. The van der Waals surface area contributed by atoms with Crippen molar-refractivity contribution >= 4 is 16.1 Å². The summed E-state index contributed by atoms with van der Waals surface area (Å²) in [5.74, 6) is -1.35. The van der Waals surface area contributed by atoms with E-state index in [1.165, 1.54) is 0 Å². The van der Waals surface area contributed by atoms with E-state index in [0.29, 0.717) is 0 Å². The quantitative estimate of drug-likeness (QED) is 0.442. The molecule has 5 nitrogen and oxygen atoms in total. The van der Waals surface area contributed by atoms with Crippen LogP contribution in [0.15, 0.2) is 0 Å². The molecule has 0 amide bonds. The van der Waals surface area contributed by atoms with E-state index in [9.17, 15) is 30.8 Å². The smallest absolute Gasteiger partial charge is 0.481 e. The predicted octanol–water partition coefficient (Wildman–Crippen LogP) is 1.06. The third-order valence-electron chi connectivity index (χ3n) is 1.36. The maximum Gasteiger partial charge on any atom is 0.523 e. The summed E-state index contributed by atoms with van der Waals surface area (Å²) < 4.78 is 71.6. The summed E-state index contributed by atoms with van der Waals surface area (Å²) in [6.45, 7) is -1.35. The monoisotopic (exact) mass is 268 g/mol. The molecule has 0 saturated carbocycles. The molecule has 0 fully saturated rings. The van der Waals surface area contributed by atoms with Gasteiger partial charge in [-0.05, 0) is 6.42 Å². The molecule has 0 aromatic heterocycles. The van der Waals surface area contributed by atoms with Crippen molar-refractivity contribution in [3.8, 4) is 0 Å². The highest BCUT2D eigenvalue weighted by Gasteiger charge is 2.47. The van der Waals surface area contributed by atoms with Crippen molar-refractivity contribution in [2.75, 3.05) is 6.61 Å². The Hall–Kier alpha value is -0.900. The number of carbonyl (C=O) groups is 1. The van der Waals surface area contributed by atoms with Gasteiger partial charge >= 0.3 is 21.6 Å². The molecule has 0 bridgehead atoms. The van der Waals surface area contributed by atoms with Gasteiger partial charge in [0, 0.05) is 6.42 Å². The minimum Gasteiger partial charge on any atom is -0.481 e. The zero-order valence-corrected chi connectivity index (χ0v) is 8.52. The molecule has 0 aliphatic carbocycles. The maximum absolute atomic E-state index is 12.7. The van der Waals surface area contributed by atoms with Gasteiger partial charge in [0.15, 0.2) is 0 Å². The minimum atomic E-state index is -5.82. The van der Waals surface area contributed by atoms with Crippen LogP contribution >= 0.6 is 0 Å². The van der Waals surface area contributed by atoms with Crippen LogP contribution in [-0.2, 0) is 19.1 Å². The van der Waals surface area contributed by atoms with Crippen LogP contribution in [0.4, 0.5) is 17.6 Å². The fourth-order valence-corrected chi connectivity index (χ4v) is 1.05. The highest BCUT2D eigenvalue weighted by molar-refractivity contribution is 7.87. The first-order chi connectivity index (χ1) is 7.06. The summed E-state index contributed by atoms with van der Waals surface area (Å²) in [5, 5.41) is 8.11. The third-order valence-corrected chi connectivity index (χ3v) is 2.37. The molecule has 0 spiro atoms. The van der Waals surface area contributed by atoms with Gasteiger partial charge in [-0.1, -0.05) is 0 Å². The number of carboxylic acid groups (broad SMARTS) is 1. The molecular weight excluding hydrogens is 260 g/mol. The Morgan fingerprint density at radius 3 is 2.25 bits per heavy atom. The molecule has 0 aliphatic heterocycles. The maximum atomic E-state index is 12.7. The highest BCUT2D eigenvalue weighted by atomic mass is 32.2. The zero-order valence-electron chi connectivity index (χ0n) is 7.70. The van der Waals surface area contributed by atoms with Gasteiger partial charge in [0.2, 0.25) is 0 Å². The van der Waals surface area contributed by atoms with Crippen LogP contribution in [0.2, 0.25) is 0 Å². The summed E-state index contributed by atoms with van der Waals surface area (Å²) >= 11 is 0. The second-order valence-corrected chi connectivity index (χ2v) is 4.32. The van der Waals surface area contributed by atoms with Gasteiger partial charge in [0.25, 0.3) is 0 Å². The summed E-state index contributed by atoms with van der Waals surface area (Å²) in [4.78, 5) is 9.96. The van der Waals surface area contributed by atoms with Crippen molar-refractivity contribution in [1.29, 1.82) is 0 Å². The van der Waals surface area contributed by atoms with Crippen molar-refractivity contribution in [3.63, 3.8) is 0 Å². The standard InChI is InChI=1S/C6H8F4O5S/c7-4(1-2-5(11)12)3-15-16(13,14)6(8,9)10/h4H,1-3H2,(H,11,12). The van der Waals surface area contributed by atoms with Gasteiger partial charge in [-0.15, -0.1) is 0 Å². The Morgan fingerprint density at radius 2 is 1.88 bits per heavy atom. The van der Waals surface area contributed by atoms with Crippen molar-refractivity contribution in [2.24, 2.45) is 0 Å². The van der Waals surface area contributed by atoms with Crippen molar-refractivity contribution < 1.29 is 40.1 Å². The van der Waals surface area contributed by atoms with Crippen LogP contribution < -0.4 is 0 Å². The number of halogens is 4. The van der Waals surface area contributed by atoms with E-state index in [-0.39, 0.29) is 0 Å². The largest absolute Gasteiger partial charge is 0.523 e. The molecule has 16 heavy (non-hydrogen) atoms. The first-order valence-corrected chi connectivity index (χ1v) is 5.28. The van der Waals surface area contributed by atoms with Gasteiger partial charge in [-0.2, -0.15) is 21.6 Å². The molecule has 1 atom stereocenters. The molecule has 0 saturated heterocycles. The SMILES string of the molecule is O=C(O)CCC(F)COS(=O)(=O)C(F)(F)F. The fraction of sp³-hybridized carbons (Fsp3) is 0.833. The molecule has 0 heterocycles. The molecule has 1 unspecified atom stereocenters. The lowest BCUT2D eigenvalue weighted by atomic mass is 10.2. The molecule has 0 aromatic rings. The van der Waals surface area contributed by atoms with Crippen molar-refractivity contribution in [1.82, 2.24) is 0 Å². The topological polar surface area (TPSA) is 80.7 Å². The predicted molar refractivity (Wildman–Crippen MR) is 42.7 cm³/mol. The lowest BCUT2D eigenvalue weighted by Gasteiger charge is -2.10. The molecule has 1 N–H and O–H groups in total. The van der Waals surface area contributed by atoms with Crippen LogP contribution in [0.3, 0.4) is 0 Å². The van der Waals surface area contributed by atoms with E-state index in [1.54, 1.807) is 0 Å². The van der Waals surface area contributed by atoms with E-state index in [1.807, 2.05) is 0 Å². The van der Waals surface area contributed by atoms with Gasteiger partial charge in [0.05, 0.1) is 6.61 Å². The Bertz CT molecular complexity index is 335. The Morgan fingerprint density at radius 1 is 1.38 bits per heavy atom. The average Bonchev–Trinajstić information content (AvgIpc) is 2.09. The normalized spacial score (nSPS) is 14.8. The molecule has 0 aliphatic rings. The number of carboxylic acids is 1. The summed E-state index contributed by atoms with van der Waals surface area (Å²) in [6.07, 6.45) is -3.34. The Balaban J connectivity index is 4.11. The van der Waals surface area contributed by atoms with E-state index < -0.39 is 47.2 Å². The summed E-state index contributed by atoms with van der Waals surface area (Å²) in [7, 11) is -5.82. The second-order valence-electron chi connectivity index (χ2n) is 2.71. The third kappa shape index (κ3) is 5.26. The lowest BCUT2D eigenvalue weighted by Crippen LogP contribution is -2.28. The van der Waals surface area contributed by atoms with E-state index in [2.05, 4.69) is 4.18 Å². The van der Waals surface area contributed by atoms with Gasteiger partial charge in [-0.3, -0.25) is 8.98 Å². The van der Waals surface area contributed by atoms with E-state index >= 15 is 0 Å². The number of hydrogen-bond donors (Lipinski definition) is 1. The van der Waals surface area contributed by atoms with Gasteiger partial charge in [-0.25, -0.2) is 4.39 Å². The molecule has 0 rings (SSSR count). The first-order valence-electron chi connectivity index (χ1n) is 3.88. The van der Waals surface area contributed by atoms with Crippen molar-refractivity contribution in [2.45, 2.75) is 24.5 Å². The number of alkyl halides is 4. The molecule has 96 valence electrons. The van der Waals surface area contributed by atoms with Gasteiger partial charge < -0.3 is 5.11 Å². The van der Waals surface area contributed by atoms with Gasteiger partial charge in [0.1, 0.15) is 6.17 Å². The Labute approximate surface area is 88.1 Å². The van der Waals surface area contributed by atoms with Crippen molar-refractivity contribution in [3.05, 3.63) is 0 Å².